The molecule has 28 heavy (non-hydrogen) atoms. The number of nitrogens with zero attached hydrogens (tertiary/aromatic N) is 2. The maximum Gasteiger partial charge on any atom is 0.267 e. The molecule has 146 valence electrons. The van der Waals surface area contributed by atoms with Crippen LogP contribution in [0, 0.1) is 17.8 Å². The molecule has 1 N–H and O–H groups in total. The first-order valence-corrected chi connectivity index (χ1v) is 10.5. The second kappa shape index (κ2) is 6.57. The minimum absolute atomic E-state index is 0.0548. The van der Waals surface area contributed by atoms with E-state index >= 15 is 0 Å². The van der Waals surface area contributed by atoms with Crippen molar-refractivity contribution in [3.05, 3.63) is 52.8 Å². The molecule has 1 aromatic heterocycles. The van der Waals surface area contributed by atoms with Crippen LogP contribution in [0.15, 0.2) is 47.3 Å². The molecule has 1 amide bonds. The van der Waals surface area contributed by atoms with Gasteiger partial charge < -0.3 is 5.32 Å². The van der Waals surface area contributed by atoms with Gasteiger partial charge in [-0.3, -0.25) is 9.59 Å². The molecule has 1 heterocycles. The topological polar surface area (TPSA) is 64.0 Å². The minimum Gasteiger partial charge on any atom is -0.349 e. The Morgan fingerprint density at radius 1 is 1.04 bits per heavy atom. The van der Waals surface area contributed by atoms with Gasteiger partial charge in [0.05, 0.1) is 5.69 Å². The molecule has 4 saturated carbocycles. The van der Waals surface area contributed by atoms with Crippen LogP contribution in [0.3, 0.4) is 0 Å². The molecule has 0 aliphatic heterocycles. The summed E-state index contributed by atoms with van der Waals surface area (Å²) < 4.78 is 1.33. The van der Waals surface area contributed by atoms with Gasteiger partial charge in [-0.2, -0.15) is 5.10 Å². The number of carbonyl (C=O) groups is 1. The van der Waals surface area contributed by atoms with E-state index in [1.54, 1.807) is 13.0 Å². The first-order chi connectivity index (χ1) is 13.5. The van der Waals surface area contributed by atoms with Crippen molar-refractivity contribution in [2.24, 2.45) is 17.8 Å². The predicted octanol–water partition coefficient (Wildman–Crippen LogP) is 3.56. The molecule has 6 rings (SSSR count). The minimum atomic E-state index is -0.621. The van der Waals surface area contributed by atoms with E-state index in [1.165, 1.54) is 30.0 Å². The fourth-order valence-electron chi connectivity index (χ4n) is 6.21. The van der Waals surface area contributed by atoms with Gasteiger partial charge in [-0.05, 0) is 69.3 Å². The van der Waals surface area contributed by atoms with E-state index in [1.807, 2.05) is 30.3 Å². The van der Waals surface area contributed by atoms with Crippen molar-refractivity contribution in [3.8, 4) is 11.3 Å². The molecule has 4 aliphatic rings. The fraction of sp³-hybridized carbons (Fsp3) is 0.522. The van der Waals surface area contributed by atoms with Gasteiger partial charge in [0.1, 0.15) is 6.04 Å². The highest BCUT2D eigenvalue weighted by Gasteiger charge is 2.51. The van der Waals surface area contributed by atoms with Crippen molar-refractivity contribution in [1.29, 1.82) is 0 Å². The Morgan fingerprint density at radius 3 is 2.25 bits per heavy atom. The zero-order valence-electron chi connectivity index (χ0n) is 16.3. The summed E-state index contributed by atoms with van der Waals surface area (Å²) in [4.78, 5) is 25.6. The van der Waals surface area contributed by atoms with Crippen molar-refractivity contribution in [1.82, 2.24) is 15.1 Å². The van der Waals surface area contributed by atoms with Crippen molar-refractivity contribution in [2.45, 2.75) is 57.0 Å². The molecule has 4 fully saturated rings. The standard InChI is InChI=1S/C23H27N3O2/c1-15(26-21(27)8-7-20(25-26)19-5-3-2-4-6-19)22(28)24-23-12-16-9-17(13-23)11-18(10-16)14-23/h2-8,15-18H,9-14H2,1H3,(H,24,28). The Labute approximate surface area is 165 Å². The average Bonchev–Trinajstić information content (AvgIpc) is 2.67. The molecule has 4 bridgehead atoms. The second-order valence-electron chi connectivity index (χ2n) is 9.23. The van der Waals surface area contributed by atoms with E-state index in [4.69, 9.17) is 0 Å². The van der Waals surface area contributed by atoms with E-state index in [-0.39, 0.29) is 17.0 Å². The third-order valence-corrected chi connectivity index (χ3v) is 7.07. The number of benzene rings is 1. The number of amides is 1. The monoisotopic (exact) mass is 377 g/mol. The zero-order valence-corrected chi connectivity index (χ0v) is 16.3. The molecule has 0 spiro atoms. The molecule has 0 radical (unpaired) electrons. The predicted molar refractivity (Wildman–Crippen MR) is 108 cm³/mol. The molecule has 5 heteroatoms. The third-order valence-electron chi connectivity index (χ3n) is 7.07. The summed E-state index contributed by atoms with van der Waals surface area (Å²) in [7, 11) is 0. The van der Waals surface area contributed by atoms with Crippen molar-refractivity contribution in [2.75, 3.05) is 0 Å². The molecule has 1 atom stereocenters. The van der Waals surface area contributed by atoms with Gasteiger partial charge in [-0.1, -0.05) is 30.3 Å². The zero-order chi connectivity index (χ0) is 19.3. The molecule has 1 aromatic carbocycles. The maximum atomic E-state index is 13.1. The summed E-state index contributed by atoms with van der Waals surface area (Å²) in [5.74, 6) is 2.22. The Hall–Kier alpha value is -2.43. The van der Waals surface area contributed by atoms with Gasteiger partial charge in [0.15, 0.2) is 0 Å². The number of hydrogen-bond donors (Lipinski definition) is 1. The average molecular weight is 377 g/mol. The number of aromatic nitrogens is 2. The van der Waals surface area contributed by atoms with E-state index in [2.05, 4.69) is 10.4 Å². The van der Waals surface area contributed by atoms with Crippen LogP contribution >= 0.6 is 0 Å². The first kappa shape index (κ1) is 17.7. The van der Waals surface area contributed by atoms with Crippen LogP contribution in [-0.4, -0.2) is 21.2 Å². The summed E-state index contributed by atoms with van der Waals surface area (Å²) in [6.07, 6.45) is 7.32. The van der Waals surface area contributed by atoms with E-state index < -0.39 is 6.04 Å². The van der Waals surface area contributed by atoms with Crippen LogP contribution in [0.1, 0.15) is 51.5 Å². The van der Waals surface area contributed by atoms with Crippen LogP contribution in [0.4, 0.5) is 0 Å². The van der Waals surface area contributed by atoms with Crippen LogP contribution in [0.2, 0.25) is 0 Å². The van der Waals surface area contributed by atoms with Crippen LogP contribution in [0.25, 0.3) is 11.3 Å². The Bertz CT molecular complexity index is 915. The van der Waals surface area contributed by atoms with Crippen LogP contribution in [-0.2, 0) is 4.79 Å². The lowest BCUT2D eigenvalue weighted by Crippen LogP contribution is -2.60. The molecule has 4 aliphatic carbocycles. The lowest BCUT2D eigenvalue weighted by molar-refractivity contribution is -0.130. The van der Waals surface area contributed by atoms with Crippen LogP contribution < -0.4 is 10.9 Å². The number of carbonyl (C=O) groups excluding carboxylic acids is 1. The highest BCUT2D eigenvalue weighted by molar-refractivity contribution is 5.80. The van der Waals surface area contributed by atoms with E-state index in [0.29, 0.717) is 5.69 Å². The lowest BCUT2D eigenvalue weighted by Gasteiger charge is -2.57. The lowest BCUT2D eigenvalue weighted by atomic mass is 9.53. The molecule has 5 nitrogen and oxygen atoms in total. The van der Waals surface area contributed by atoms with Crippen LogP contribution in [0.5, 0.6) is 0 Å². The third kappa shape index (κ3) is 3.07. The molecule has 2 aromatic rings. The van der Waals surface area contributed by atoms with Gasteiger partial charge in [0.25, 0.3) is 5.56 Å². The van der Waals surface area contributed by atoms with Crippen molar-refractivity contribution in [3.63, 3.8) is 0 Å². The van der Waals surface area contributed by atoms with Gasteiger partial charge >= 0.3 is 0 Å². The molecule has 1 unspecified atom stereocenters. The summed E-state index contributed by atoms with van der Waals surface area (Å²) in [6, 6.07) is 12.3. The van der Waals surface area contributed by atoms with Gasteiger partial charge in [-0.25, -0.2) is 4.68 Å². The number of nitrogens with one attached hydrogen (secondary N) is 1. The fourth-order valence-corrected chi connectivity index (χ4v) is 6.21. The highest BCUT2D eigenvalue weighted by atomic mass is 16.2. The Balaban J connectivity index is 1.38. The first-order valence-electron chi connectivity index (χ1n) is 10.5. The summed E-state index contributed by atoms with van der Waals surface area (Å²) >= 11 is 0. The number of hydrogen-bond acceptors (Lipinski definition) is 3. The molecular formula is C23H27N3O2. The smallest absolute Gasteiger partial charge is 0.267 e. The molecular weight excluding hydrogens is 350 g/mol. The highest BCUT2D eigenvalue weighted by Crippen LogP contribution is 2.55. The summed E-state index contributed by atoms with van der Waals surface area (Å²) in [5.41, 5.74) is 1.34. The van der Waals surface area contributed by atoms with Crippen molar-refractivity contribution >= 4 is 5.91 Å². The summed E-state index contributed by atoms with van der Waals surface area (Å²) in [5, 5.41) is 7.87. The number of rotatable bonds is 4. The largest absolute Gasteiger partial charge is 0.349 e. The quantitative estimate of drug-likeness (QED) is 0.886. The van der Waals surface area contributed by atoms with Gasteiger partial charge in [0, 0.05) is 17.2 Å². The van der Waals surface area contributed by atoms with Crippen molar-refractivity contribution < 1.29 is 4.79 Å². The van der Waals surface area contributed by atoms with E-state index in [0.717, 1.165) is 42.6 Å². The molecule has 0 saturated heterocycles. The normalized spacial score (nSPS) is 31.5. The SMILES string of the molecule is CC(C(=O)NC12CC3CC(CC(C3)C1)C2)n1nc(-c2ccccc2)ccc1=O. The van der Waals surface area contributed by atoms with Gasteiger partial charge in [-0.15, -0.1) is 0 Å². The Morgan fingerprint density at radius 2 is 1.64 bits per heavy atom. The summed E-state index contributed by atoms with van der Waals surface area (Å²) in [6.45, 7) is 1.78. The Kier molecular flexibility index (Phi) is 4.14. The maximum absolute atomic E-state index is 13.1. The second-order valence-corrected chi connectivity index (χ2v) is 9.23. The van der Waals surface area contributed by atoms with E-state index in [9.17, 15) is 9.59 Å². The van der Waals surface area contributed by atoms with Gasteiger partial charge in [0.2, 0.25) is 5.91 Å².